The van der Waals surface area contributed by atoms with E-state index in [-0.39, 0.29) is 5.84 Å². The number of ether oxygens (including phenoxy) is 2. The van der Waals surface area contributed by atoms with Crippen LogP contribution in [0.15, 0.2) is 18.2 Å². The number of nitrogen functional groups attached to an aromatic ring is 1. The van der Waals surface area contributed by atoms with Crippen molar-refractivity contribution in [1.82, 2.24) is 0 Å². The number of hydrogen-bond donors (Lipinski definition) is 2. The molecule has 1 aromatic rings. The summed E-state index contributed by atoms with van der Waals surface area (Å²) < 4.78 is 11.3. The lowest BCUT2D eigenvalue weighted by molar-refractivity contribution is 0.00175. The lowest BCUT2D eigenvalue weighted by atomic mass is 9.85. The molecule has 1 fully saturated rings. The Hall–Kier alpha value is -1.55. The van der Waals surface area contributed by atoms with E-state index in [0.717, 1.165) is 17.9 Å². The van der Waals surface area contributed by atoms with Gasteiger partial charge in [0.1, 0.15) is 11.6 Å². The Morgan fingerprint density at radius 3 is 2.86 bits per heavy atom. The summed E-state index contributed by atoms with van der Waals surface area (Å²) in [4.78, 5) is 0. The number of nitrogens with two attached hydrogens (primary N) is 1. The summed E-state index contributed by atoms with van der Waals surface area (Å²) in [7, 11) is 1.59. The molecule has 21 heavy (non-hydrogen) atoms. The van der Waals surface area contributed by atoms with Crippen molar-refractivity contribution >= 4 is 5.84 Å². The fraction of sp³-hybridized carbons (Fsp3) is 0.588. The van der Waals surface area contributed by atoms with Crippen molar-refractivity contribution in [3.05, 3.63) is 29.3 Å². The summed E-state index contributed by atoms with van der Waals surface area (Å²) in [5.74, 6) is 1.47. The van der Waals surface area contributed by atoms with Crippen molar-refractivity contribution in [2.24, 2.45) is 11.7 Å². The van der Waals surface area contributed by atoms with Crippen LogP contribution >= 0.6 is 0 Å². The quantitative estimate of drug-likeness (QED) is 0.622. The topological polar surface area (TPSA) is 68.3 Å². The summed E-state index contributed by atoms with van der Waals surface area (Å²) in [6.07, 6.45) is 6.55. The molecule has 0 aliphatic heterocycles. The van der Waals surface area contributed by atoms with E-state index in [0.29, 0.717) is 24.0 Å². The van der Waals surface area contributed by atoms with Crippen LogP contribution in [0.2, 0.25) is 0 Å². The molecule has 0 bridgehead atoms. The van der Waals surface area contributed by atoms with Gasteiger partial charge in [0.25, 0.3) is 0 Å². The largest absolute Gasteiger partial charge is 0.496 e. The van der Waals surface area contributed by atoms with E-state index in [1.807, 2.05) is 18.2 Å². The summed E-state index contributed by atoms with van der Waals surface area (Å²) >= 11 is 0. The van der Waals surface area contributed by atoms with Gasteiger partial charge in [-0.05, 0) is 36.5 Å². The normalized spacial score (nSPS) is 22.0. The van der Waals surface area contributed by atoms with E-state index in [2.05, 4.69) is 6.92 Å². The smallest absolute Gasteiger partial charge is 0.129 e. The lowest BCUT2D eigenvalue weighted by Gasteiger charge is -2.28. The van der Waals surface area contributed by atoms with Crippen LogP contribution in [-0.2, 0) is 11.3 Å². The highest BCUT2D eigenvalue weighted by atomic mass is 16.5. The summed E-state index contributed by atoms with van der Waals surface area (Å²) in [5.41, 5.74) is 7.27. The molecule has 1 saturated carbocycles. The third kappa shape index (κ3) is 4.21. The lowest BCUT2D eigenvalue weighted by Crippen LogP contribution is -2.22. The van der Waals surface area contributed by atoms with Crippen LogP contribution in [0.3, 0.4) is 0 Å². The molecular formula is C17H26N2O2. The van der Waals surface area contributed by atoms with Gasteiger partial charge in [-0.25, -0.2) is 0 Å². The number of benzene rings is 1. The SMILES string of the molecule is CCC1CCCC(OCc2ccc(OC)c(C(=N)N)c2)C1. The highest BCUT2D eigenvalue weighted by Crippen LogP contribution is 2.29. The van der Waals surface area contributed by atoms with Gasteiger partial charge < -0.3 is 15.2 Å². The van der Waals surface area contributed by atoms with Crippen LogP contribution < -0.4 is 10.5 Å². The number of hydrogen-bond acceptors (Lipinski definition) is 3. The molecule has 0 radical (unpaired) electrons. The van der Waals surface area contributed by atoms with Crippen molar-refractivity contribution in [2.75, 3.05) is 7.11 Å². The van der Waals surface area contributed by atoms with Gasteiger partial charge >= 0.3 is 0 Å². The Kier molecular flexibility index (Phi) is 5.62. The molecule has 1 aliphatic carbocycles. The fourth-order valence-corrected chi connectivity index (χ4v) is 3.03. The molecule has 1 aromatic carbocycles. The van der Waals surface area contributed by atoms with E-state index in [1.54, 1.807) is 7.11 Å². The summed E-state index contributed by atoms with van der Waals surface area (Å²) in [6.45, 7) is 2.83. The van der Waals surface area contributed by atoms with Gasteiger partial charge in [-0.1, -0.05) is 32.3 Å². The molecule has 2 unspecified atom stereocenters. The third-order valence-electron chi connectivity index (χ3n) is 4.35. The first kappa shape index (κ1) is 15.8. The Balaban J connectivity index is 1.97. The number of nitrogens with one attached hydrogen (secondary N) is 1. The van der Waals surface area contributed by atoms with E-state index < -0.39 is 0 Å². The van der Waals surface area contributed by atoms with E-state index in [4.69, 9.17) is 20.6 Å². The predicted molar refractivity (Wildman–Crippen MR) is 84.8 cm³/mol. The number of methoxy groups -OCH3 is 1. The molecule has 0 aromatic heterocycles. The molecule has 2 atom stereocenters. The first-order valence-electron chi connectivity index (χ1n) is 7.77. The second-order valence-corrected chi connectivity index (χ2v) is 5.82. The molecule has 1 aliphatic rings. The first-order chi connectivity index (χ1) is 10.1. The molecule has 4 heteroatoms. The molecule has 2 rings (SSSR count). The monoisotopic (exact) mass is 290 g/mol. The fourth-order valence-electron chi connectivity index (χ4n) is 3.03. The Morgan fingerprint density at radius 2 is 2.19 bits per heavy atom. The van der Waals surface area contributed by atoms with Crippen LogP contribution in [0.5, 0.6) is 5.75 Å². The Morgan fingerprint density at radius 1 is 1.38 bits per heavy atom. The first-order valence-corrected chi connectivity index (χ1v) is 7.77. The third-order valence-corrected chi connectivity index (χ3v) is 4.35. The minimum absolute atomic E-state index is 0.0254. The standard InChI is InChI=1S/C17H26N2O2/c1-3-12-5-4-6-14(9-12)21-11-13-7-8-16(20-2)15(10-13)17(18)19/h7-8,10,12,14H,3-6,9,11H2,1-2H3,(H3,18,19). The molecule has 0 heterocycles. The molecular weight excluding hydrogens is 264 g/mol. The molecule has 0 saturated heterocycles. The average molecular weight is 290 g/mol. The van der Waals surface area contributed by atoms with Gasteiger partial charge in [-0.3, -0.25) is 5.41 Å². The van der Waals surface area contributed by atoms with E-state index in [1.165, 1.54) is 25.7 Å². The number of rotatable bonds is 6. The van der Waals surface area contributed by atoms with Crippen molar-refractivity contribution in [3.63, 3.8) is 0 Å². The van der Waals surface area contributed by atoms with Gasteiger partial charge in [0.15, 0.2) is 0 Å². The van der Waals surface area contributed by atoms with Crippen molar-refractivity contribution < 1.29 is 9.47 Å². The van der Waals surface area contributed by atoms with Crippen molar-refractivity contribution in [2.45, 2.75) is 51.7 Å². The van der Waals surface area contributed by atoms with E-state index >= 15 is 0 Å². The van der Waals surface area contributed by atoms with Crippen LogP contribution in [0, 0.1) is 11.3 Å². The van der Waals surface area contributed by atoms with Gasteiger partial charge in [-0.2, -0.15) is 0 Å². The van der Waals surface area contributed by atoms with Crippen LogP contribution in [0.1, 0.15) is 50.2 Å². The molecule has 0 amide bonds. The minimum Gasteiger partial charge on any atom is -0.496 e. The Labute approximate surface area is 127 Å². The zero-order valence-corrected chi connectivity index (χ0v) is 13.0. The minimum atomic E-state index is 0.0254. The zero-order valence-electron chi connectivity index (χ0n) is 13.0. The van der Waals surface area contributed by atoms with Gasteiger partial charge in [0, 0.05) is 0 Å². The predicted octanol–water partition coefficient (Wildman–Crippen LogP) is 3.46. The maximum atomic E-state index is 7.61. The Bertz CT molecular complexity index is 488. The highest BCUT2D eigenvalue weighted by Gasteiger charge is 2.21. The van der Waals surface area contributed by atoms with Crippen LogP contribution in [-0.4, -0.2) is 19.0 Å². The zero-order chi connectivity index (χ0) is 15.2. The molecule has 116 valence electrons. The van der Waals surface area contributed by atoms with Crippen molar-refractivity contribution in [1.29, 1.82) is 5.41 Å². The highest BCUT2D eigenvalue weighted by molar-refractivity contribution is 5.97. The van der Waals surface area contributed by atoms with Gasteiger partial charge in [0.2, 0.25) is 0 Å². The van der Waals surface area contributed by atoms with Gasteiger partial charge in [-0.15, -0.1) is 0 Å². The van der Waals surface area contributed by atoms with E-state index in [9.17, 15) is 0 Å². The van der Waals surface area contributed by atoms with Crippen molar-refractivity contribution in [3.8, 4) is 5.75 Å². The average Bonchev–Trinajstić information content (AvgIpc) is 2.52. The van der Waals surface area contributed by atoms with Crippen LogP contribution in [0.25, 0.3) is 0 Å². The molecule has 4 nitrogen and oxygen atoms in total. The maximum Gasteiger partial charge on any atom is 0.129 e. The second-order valence-electron chi connectivity index (χ2n) is 5.82. The summed E-state index contributed by atoms with van der Waals surface area (Å²) in [6, 6.07) is 5.72. The second kappa shape index (κ2) is 7.46. The van der Waals surface area contributed by atoms with Crippen LogP contribution in [0.4, 0.5) is 0 Å². The van der Waals surface area contributed by atoms with Gasteiger partial charge in [0.05, 0.1) is 25.4 Å². The maximum absolute atomic E-state index is 7.61. The summed E-state index contributed by atoms with van der Waals surface area (Å²) in [5, 5.41) is 7.61. The number of amidine groups is 1. The molecule has 3 N–H and O–H groups in total. The molecule has 0 spiro atoms.